The first-order valence-corrected chi connectivity index (χ1v) is 15.1. The topological polar surface area (TPSA) is 295 Å². The third kappa shape index (κ3) is 12.0. The van der Waals surface area contributed by atoms with Gasteiger partial charge in [0.15, 0.2) is 0 Å². The maximum Gasteiger partial charge on any atom is 0.470 e. The van der Waals surface area contributed by atoms with Crippen LogP contribution in [-0.4, -0.2) is 104 Å². The number of rotatable bonds is 11. The lowest BCUT2D eigenvalue weighted by molar-refractivity contribution is -0.232. The van der Waals surface area contributed by atoms with E-state index >= 15 is 0 Å². The molecule has 0 spiro atoms. The van der Waals surface area contributed by atoms with Crippen molar-refractivity contribution in [1.82, 2.24) is 0 Å². The Bertz CT molecular complexity index is 754. The number of methoxy groups -OCH3 is 3. The van der Waals surface area contributed by atoms with Gasteiger partial charge in [0.2, 0.25) is 0 Å². The van der Waals surface area contributed by atoms with E-state index in [1.807, 2.05) is 0 Å². The number of hydrogen-bond donors (Lipinski definition) is 8. The lowest BCUT2D eigenvalue weighted by Crippen LogP contribution is -2.66. The molecule has 34 heavy (non-hydrogen) atoms. The molecular weight excluding hydrogens is 560 g/mol. The van der Waals surface area contributed by atoms with Crippen LogP contribution in [0.1, 0.15) is 6.92 Å². The Morgan fingerprint density at radius 1 is 0.559 bits per heavy atom. The fraction of sp³-hybridized carbons (Fsp3) is 1.00. The molecule has 1 rings (SSSR count). The number of hydrogen-bond acceptors (Lipinski definition) is 12. The molecule has 1 unspecified atom stereocenters. The second-order valence-corrected chi connectivity index (χ2v) is 12.0. The molecule has 1 aliphatic carbocycles. The zero-order valence-electron chi connectivity index (χ0n) is 18.0. The first kappa shape index (κ1) is 34.3. The number of phosphoric ester groups is 3. The third-order valence-corrected chi connectivity index (χ3v) is 6.67. The van der Waals surface area contributed by atoms with Crippen LogP contribution in [0.25, 0.3) is 0 Å². The molecule has 0 aromatic heterocycles. The van der Waals surface area contributed by atoms with Crippen LogP contribution in [0.4, 0.5) is 0 Å². The molecule has 0 heterocycles. The molecule has 0 aromatic carbocycles. The highest BCUT2D eigenvalue weighted by atomic mass is 31.2. The molecule has 19 nitrogen and oxygen atoms in total. The van der Waals surface area contributed by atoms with E-state index < -0.39 is 67.7 Å². The summed E-state index contributed by atoms with van der Waals surface area (Å²) in [5, 5.41) is 7.58. The van der Waals surface area contributed by atoms with Gasteiger partial charge in [-0.3, -0.25) is 18.1 Å². The summed E-state index contributed by atoms with van der Waals surface area (Å²) < 4.78 is 75.9. The molecule has 8 N–H and O–H groups in total. The first-order valence-electron chi connectivity index (χ1n) is 8.71. The summed E-state index contributed by atoms with van der Waals surface area (Å²) in [5.74, 6) is 0. The Hall–Kier alpha value is 0.320. The largest absolute Gasteiger partial charge is 0.470 e. The van der Waals surface area contributed by atoms with Gasteiger partial charge in [0, 0.05) is 27.5 Å². The molecule has 0 amide bonds. The Balaban J connectivity index is 0.00000135. The number of ether oxygens (including phenoxy) is 3. The van der Waals surface area contributed by atoms with Crippen molar-refractivity contribution in [3.8, 4) is 0 Å². The SMILES string of the molecule is CCP(=O)(O)OO.CO[C@@H]1[C@@H](OC)[C@H](OP(=O)(O)O)[C@@H](OP(=O)(O)O)[C@@H](OP(=O)(O)O)[C@H]1OC. The van der Waals surface area contributed by atoms with E-state index in [0.29, 0.717) is 0 Å². The quantitative estimate of drug-likeness (QED) is 0.0829. The maximum atomic E-state index is 11.3. The van der Waals surface area contributed by atoms with Crippen LogP contribution in [0.2, 0.25) is 0 Å². The minimum Gasteiger partial charge on any atom is -0.376 e. The minimum absolute atomic E-state index is 0.0660. The van der Waals surface area contributed by atoms with Gasteiger partial charge >= 0.3 is 31.1 Å². The molecule has 0 aromatic rings. The van der Waals surface area contributed by atoms with Gasteiger partial charge < -0.3 is 48.5 Å². The zero-order valence-corrected chi connectivity index (χ0v) is 21.6. The highest BCUT2D eigenvalue weighted by Crippen LogP contribution is 2.51. The van der Waals surface area contributed by atoms with Crippen molar-refractivity contribution >= 4 is 31.1 Å². The van der Waals surface area contributed by atoms with E-state index in [4.69, 9.17) is 53.7 Å². The highest BCUT2D eigenvalue weighted by Gasteiger charge is 2.58. The maximum absolute atomic E-state index is 11.3. The summed E-state index contributed by atoms with van der Waals surface area (Å²) in [6.07, 6.45) is -10.3. The molecule has 0 aliphatic heterocycles. The zero-order chi connectivity index (χ0) is 27.1. The van der Waals surface area contributed by atoms with Crippen molar-refractivity contribution in [2.24, 2.45) is 0 Å². The third-order valence-electron chi connectivity index (χ3n) is 4.06. The molecule has 1 aliphatic rings. The predicted molar refractivity (Wildman–Crippen MR) is 107 cm³/mol. The summed E-state index contributed by atoms with van der Waals surface area (Å²) in [4.78, 5) is 62.9. The van der Waals surface area contributed by atoms with E-state index in [1.54, 1.807) is 0 Å². The summed E-state index contributed by atoms with van der Waals surface area (Å²) in [6, 6.07) is 0. The van der Waals surface area contributed by atoms with Gasteiger partial charge in [-0.15, -0.1) is 0 Å². The smallest absolute Gasteiger partial charge is 0.376 e. The van der Waals surface area contributed by atoms with Crippen molar-refractivity contribution in [2.45, 2.75) is 43.5 Å². The average molecular weight is 588 g/mol. The van der Waals surface area contributed by atoms with Crippen LogP contribution in [-0.2, 0) is 50.7 Å². The fourth-order valence-electron chi connectivity index (χ4n) is 2.82. The van der Waals surface area contributed by atoms with E-state index in [-0.39, 0.29) is 6.16 Å². The molecule has 0 radical (unpaired) electrons. The lowest BCUT2D eigenvalue weighted by atomic mass is 9.84. The summed E-state index contributed by atoms with van der Waals surface area (Å²) in [5.41, 5.74) is 0. The lowest BCUT2D eigenvalue weighted by Gasteiger charge is -2.47. The Kier molecular flexibility index (Phi) is 13.9. The molecular formula is C11H28O19P4. The van der Waals surface area contributed by atoms with E-state index in [0.717, 1.165) is 21.3 Å². The van der Waals surface area contributed by atoms with E-state index in [9.17, 15) is 18.3 Å². The van der Waals surface area contributed by atoms with Crippen molar-refractivity contribution in [3.05, 3.63) is 0 Å². The van der Waals surface area contributed by atoms with E-state index in [1.165, 1.54) is 6.92 Å². The van der Waals surface area contributed by atoms with Crippen LogP contribution in [0.5, 0.6) is 0 Å². The van der Waals surface area contributed by atoms with Gasteiger partial charge in [0.05, 0.1) is 0 Å². The van der Waals surface area contributed by atoms with Crippen molar-refractivity contribution in [1.29, 1.82) is 0 Å². The number of phosphoric acid groups is 3. The van der Waals surface area contributed by atoms with Crippen LogP contribution >= 0.6 is 31.1 Å². The van der Waals surface area contributed by atoms with Gasteiger partial charge in [-0.2, -0.15) is 4.67 Å². The standard InChI is InChI=1S/C9H21O15P3.C2H7O4P/c1-19-4-5(20-2)7(22-25(10,11)12)9(24-27(16,17)18)8(6(4)21-3)23-26(13,14)15;1-2-7(4,5)6-3/h4-9H,1-3H3,(H2,10,11,12)(H2,13,14,15)(H2,16,17,18);3H,2H2,1H3,(H,4,5)/t4-,5-,6+,7-,8-,9-;/m0./s1. The molecule has 206 valence electrons. The average Bonchev–Trinajstić information content (AvgIpc) is 2.67. The first-order chi connectivity index (χ1) is 15.3. The Labute approximate surface area is 193 Å². The second kappa shape index (κ2) is 13.7. The van der Waals surface area contributed by atoms with Crippen LogP contribution in [0.3, 0.4) is 0 Å². The monoisotopic (exact) mass is 588 g/mol. The highest BCUT2D eigenvalue weighted by molar-refractivity contribution is 7.52. The minimum atomic E-state index is -5.36. The van der Waals surface area contributed by atoms with Gasteiger partial charge in [-0.25, -0.2) is 19.0 Å². The van der Waals surface area contributed by atoms with E-state index in [2.05, 4.69) is 18.2 Å². The normalized spacial score (nSPS) is 30.2. The van der Waals surface area contributed by atoms with Gasteiger partial charge in [0.1, 0.15) is 36.6 Å². The Morgan fingerprint density at radius 3 is 0.941 bits per heavy atom. The predicted octanol–water partition coefficient (Wildman–Crippen LogP) is -0.840. The van der Waals surface area contributed by atoms with Crippen LogP contribution in [0, 0.1) is 0 Å². The Morgan fingerprint density at radius 2 is 0.794 bits per heavy atom. The van der Waals surface area contributed by atoms with Gasteiger partial charge in [-0.1, -0.05) is 6.92 Å². The molecule has 1 fully saturated rings. The van der Waals surface area contributed by atoms with Crippen molar-refractivity contribution in [3.63, 3.8) is 0 Å². The van der Waals surface area contributed by atoms with Gasteiger partial charge in [-0.05, 0) is 0 Å². The molecule has 0 saturated heterocycles. The fourth-order valence-corrected chi connectivity index (χ4v) is 4.61. The van der Waals surface area contributed by atoms with Crippen LogP contribution < -0.4 is 0 Å². The summed E-state index contributed by atoms with van der Waals surface area (Å²) in [7, 11) is -16.3. The molecule has 1 saturated carbocycles. The van der Waals surface area contributed by atoms with Crippen LogP contribution in [0.15, 0.2) is 0 Å². The summed E-state index contributed by atoms with van der Waals surface area (Å²) in [6.45, 7) is 1.44. The summed E-state index contributed by atoms with van der Waals surface area (Å²) >= 11 is 0. The molecule has 23 heteroatoms. The molecule has 0 bridgehead atoms. The van der Waals surface area contributed by atoms with Crippen molar-refractivity contribution in [2.75, 3.05) is 27.5 Å². The van der Waals surface area contributed by atoms with Gasteiger partial charge in [0.25, 0.3) is 0 Å². The second-order valence-electron chi connectivity index (χ2n) is 6.32. The molecule has 7 atom stereocenters. The van der Waals surface area contributed by atoms with Crippen molar-refractivity contribution < 1.29 is 90.2 Å².